The van der Waals surface area contributed by atoms with E-state index in [-0.39, 0.29) is 17.7 Å². The smallest absolute Gasteiger partial charge is 0.289 e. The number of carbonyl (C=O) groups excluding carboxylic acids is 2. The van der Waals surface area contributed by atoms with Crippen molar-refractivity contribution in [3.63, 3.8) is 0 Å². The lowest BCUT2D eigenvalue weighted by molar-refractivity contribution is -0.126. The quantitative estimate of drug-likeness (QED) is 0.648. The molecule has 2 bridgehead atoms. The van der Waals surface area contributed by atoms with E-state index in [1.165, 1.54) is 28.5 Å². The van der Waals surface area contributed by atoms with Gasteiger partial charge in [-0.15, -0.1) is 0 Å². The first-order chi connectivity index (χ1) is 16.2. The Balaban J connectivity index is 1.15. The highest BCUT2D eigenvalue weighted by Crippen LogP contribution is 2.55. The fourth-order valence-corrected chi connectivity index (χ4v) is 6.27. The van der Waals surface area contributed by atoms with Crippen molar-refractivity contribution in [2.24, 2.45) is 11.8 Å². The first kappa shape index (κ1) is 20.3. The van der Waals surface area contributed by atoms with E-state index in [0.717, 1.165) is 19.3 Å². The largest absolute Gasteiger partial charge is 0.459 e. The van der Waals surface area contributed by atoms with Crippen molar-refractivity contribution in [1.29, 1.82) is 0 Å². The van der Waals surface area contributed by atoms with Crippen LogP contribution in [0.3, 0.4) is 0 Å². The average molecular weight is 441 g/mol. The van der Waals surface area contributed by atoms with E-state index in [9.17, 15) is 9.59 Å². The molecule has 2 aromatic carbocycles. The van der Waals surface area contributed by atoms with E-state index >= 15 is 0 Å². The summed E-state index contributed by atoms with van der Waals surface area (Å²) in [6, 6.07) is 21.0. The summed E-state index contributed by atoms with van der Waals surface area (Å²) in [5.41, 5.74) is 5.73. The number of fused-ring (bicyclic) bond motifs is 1. The number of hydrogen-bond donors (Lipinski definition) is 1. The zero-order valence-electron chi connectivity index (χ0n) is 18.6. The van der Waals surface area contributed by atoms with Gasteiger partial charge in [-0.05, 0) is 59.6 Å². The molecule has 5 heteroatoms. The van der Waals surface area contributed by atoms with Crippen molar-refractivity contribution in [1.82, 2.24) is 10.2 Å². The molecule has 1 aliphatic heterocycles. The zero-order chi connectivity index (χ0) is 22.4. The third-order valence-corrected chi connectivity index (χ3v) is 7.77. The number of nitrogens with zero attached hydrogens (tertiary/aromatic N) is 1. The standard InChI is InChI=1S/C28H28N2O3/c31-27(18-7-5-13-30(17-18)28(32)25-12-6-14-33-25)29-16-19-15-24-20-8-1-3-10-22(20)26(19)23-11-4-2-9-21(23)24/h1-4,6,8-12,14,18-19,24,26H,5,7,13,15-17H2,(H,29,31)/t18-,19-,24?,26?/m0/s1. The molecule has 0 saturated carbocycles. The highest BCUT2D eigenvalue weighted by Gasteiger charge is 2.43. The van der Waals surface area contributed by atoms with Gasteiger partial charge < -0.3 is 14.6 Å². The van der Waals surface area contributed by atoms with E-state index in [1.807, 2.05) is 0 Å². The van der Waals surface area contributed by atoms with Gasteiger partial charge in [0.2, 0.25) is 5.91 Å². The zero-order valence-corrected chi connectivity index (χ0v) is 18.6. The maximum Gasteiger partial charge on any atom is 0.289 e. The van der Waals surface area contributed by atoms with Crippen LogP contribution >= 0.6 is 0 Å². The maximum atomic E-state index is 13.1. The first-order valence-electron chi connectivity index (χ1n) is 12.0. The van der Waals surface area contributed by atoms with Crippen LogP contribution in [0.2, 0.25) is 0 Å². The molecule has 1 aromatic heterocycles. The van der Waals surface area contributed by atoms with Gasteiger partial charge in [-0.25, -0.2) is 0 Å². The molecule has 1 saturated heterocycles. The number of rotatable bonds is 4. The molecule has 3 aliphatic carbocycles. The van der Waals surface area contributed by atoms with Gasteiger partial charge >= 0.3 is 0 Å². The van der Waals surface area contributed by atoms with E-state index in [4.69, 9.17) is 4.42 Å². The SMILES string of the molecule is O=C(NC[C@@H]1CC2c3ccccc3C1c1ccccc12)[C@H]1CCCN(C(=O)c2ccco2)C1. The Morgan fingerprint density at radius 2 is 1.64 bits per heavy atom. The van der Waals surface area contributed by atoms with Crippen LogP contribution in [-0.4, -0.2) is 36.3 Å². The monoisotopic (exact) mass is 440 g/mol. The van der Waals surface area contributed by atoms with Gasteiger partial charge in [0.05, 0.1) is 12.2 Å². The van der Waals surface area contributed by atoms with Crippen molar-refractivity contribution in [2.75, 3.05) is 19.6 Å². The van der Waals surface area contributed by atoms with Crippen molar-refractivity contribution in [3.8, 4) is 0 Å². The summed E-state index contributed by atoms with van der Waals surface area (Å²) in [6.45, 7) is 1.79. The van der Waals surface area contributed by atoms with Crippen LogP contribution in [0.25, 0.3) is 0 Å². The van der Waals surface area contributed by atoms with Crippen molar-refractivity contribution in [2.45, 2.75) is 31.1 Å². The van der Waals surface area contributed by atoms with Crippen molar-refractivity contribution >= 4 is 11.8 Å². The van der Waals surface area contributed by atoms with Crippen LogP contribution in [0.5, 0.6) is 0 Å². The average Bonchev–Trinajstić information content (AvgIpc) is 3.42. The summed E-state index contributed by atoms with van der Waals surface area (Å²) in [6.07, 6.45) is 4.22. The second-order valence-corrected chi connectivity index (χ2v) is 9.60. The molecule has 1 N–H and O–H groups in total. The lowest BCUT2D eigenvalue weighted by atomic mass is 9.59. The second kappa shape index (κ2) is 8.22. The molecule has 0 unspecified atom stereocenters. The van der Waals surface area contributed by atoms with Crippen LogP contribution in [0.4, 0.5) is 0 Å². The minimum Gasteiger partial charge on any atom is -0.459 e. The normalized spacial score (nSPS) is 25.3. The lowest BCUT2D eigenvalue weighted by Gasteiger charge is -2.45. The number of nitrogens with one attached hydrogen (secondary N) is 1. The van der Waals surface area contributed by atoms with Crippen molar-refractivity contribution < 1.29 is 14.0 Å². The Labute approximate surface area is 193 Å². The van der Waals surface area contributed by atoms with Crippen LogP contribution in [0.1, 0.15) is 63.9 Å². The Kier molecular flexibility index (Phi) is 5.05. The Bertz CT molecular complexity index is 1140. The number of furan rings is 1. The summed E-state index contributed by atoms with van der Waals surface area (Å²) in [7, 11) is 0. The molecule has 33 heavy (non-hydrogen) atoms. The molecule has 3 aromatic rings. The molecule has 2 heterocycles. The highest BCUT2D eigenvalue weighted by molar-refractivity contribution is 5.92. The first-order valence-corrected chi connectivity index (χ1v) is 12.0. The van der Waals surface area contributed by atoms with E-state index in [1.54, 1.807) is 17.0 Å². The van der Waals surface area contributed by atoms with Gasteiger partial charge in [0.15, 0.2) is 5.76 Å². The Morgan fingerprint density at radius 1 is 0.939 bits per heavy atom. The highest BCUT2D eigenvalue weighted by atomic mass is 16.3. The van der Waals surface area contributed by atoms with Crippen LogP contribution < -0.4 is 5.32 Å². The fourth-order valence-electron chi connectivity index (χ4n) is 6.27. The van der Waals surface area contributed by atoms with Crippen LogP contribution in [0, 0.1) is 11.8 Å². The van der Waals surface area contributed by atoms with E-state index in [0.29, 0.717) is 43.1 Å². The number of carbonyl (C=O) groups is 2. The number of piperidine rings is 1. The molecule has 4 aliphatic rings. The van der Waals surface area contributed by atoms with Gasteiger partial charge in [0, 0.05) is 31.5 Å². The minimum atomic E-state index is -0.169. The lowest BCUT2D eigenvalue weighted by Crippen LogP contribution is -2.47. The second-order valence-electron chi connectivity index (χ2n) is 9.60. The van der Waals surface area contributed by atoms with Gasteiger partial charge in [-0.2, -0.15) is 0 Å². The van der Waals surface area contributed by atoms with Crippen LogP contribution in [0.15, 0.2) is 71.3 Å². The van der Waals surface area contributed by atoms with Gasteiger partial charge in [0.1, 0.15) is 0 Å². The van der Waals surface area contributed by atoms with E-state index < -0.39 is 0 Å². The molecule has 1 fully saturated rings. The molecule has 168 valence electrons. The van der Waals surface area contributed by atoms with Gasteiger partial charge in [-0.3, -0.25) is 9.59 Å². The van der Waals surface area contributed by atoms with Crippen LogP contribution in [-0.2, 0) is 4.79 Å². The Morgan fingerprint density at radius 3 is 2.30 bits per heavy atom. The molecule has 0 radical (unpaired) electrons. The molecular formula is C28H28N2O3. The minimum absolute atomic E-state index is 0.0648. The third kappa shape index (κ3) is 3.47. The van der Waals surface area contributed by atoms with Gasteiger partial charge in [-0.1, -0.05) is 48.5 Å². The van der Waals surface area contributed by atoms with Gasteiger partial charge in [0.25, 0.3) is 5.91 Å². The molecule has 5 nitrogen and oxygen atoms in total. The summed E-state index contributed by atoms with van der Waals surface area (Å²) < 4.78 is 5.26. The molecular weight excluding hydrogens is 412 g/mol. The number of amides is 2. The third-order valence-electron chi connectivity index (χ3n) is 7.77. The summed E-state index contributed by atoms with van der Waals surface area (Å²) in [5, 5.41) is 3.26. The molecule has 7 rings (SSSR count). The summed E-state index contributed by atoms with van der Waals surface area (Å²) >= 11 is 0. The predicted molar refractivity (Wildman–Crippen MR) is 125 cm³/mol. The summed E-state index contributed by atoms with van der Waals surface area (Å²) in [5.74, 6) is 1.22. The summed E-state index contributed by atoms with van der Waals surface area (Å²) in [4.78, 5) is 27.5. The maximum absolute atomic E-state index is 13.1. The number of likely N-dealkylation sites (tertiary alicyclic amines) is 1. The van der Waals surface area contributed by atoms with E-state index in [2.05, 4.69) is 53.8 Å². The van der Waals surface area contributed by atoms with Crippen molar-refractivity contribution in [3.05, 3.63) is 94.9 Å². The topological polar surface area (TPSA) is 62.6 Å². The number of benzene rings is 2. The molecule has 2 amide bonds. The fraction of sp³-hybridized carbons (Fsp3) is 0.357. The molecule has 0 spiro atoms. The Hall–Kier alpha value is -3.34. The molecule has 2 atom stereocenters. The number of hydrogen-bond acceptors (Lipinski definition) is 3. The predicted octanol–water partition coefficient (Wildman–Crippen LogP) is 4.55.